The molecule has 2 saturated heterocycles. The summed E-state index contributed by atoms with van der Waals surface area (Å²) in [6, 6.07) is 0. The Morgan fingerprint density at radius 1 is 1.25 bits per heavy atom. The van der Waals surface area contributed by atoms with E-state index in [0.717, 1.165) is 32.1 Å². The molecule has 4 bridgehead atoms. The molecule has 0 unspecified atom stereocenters. The molecule has 156 valence electrons. The Morgan fingerprint density at radius 2 is 1.96 bits per heavy atom. The van der Waals surface area contributed by atoms with Crippen molar-refractivity contribution >= 4 is 5.97 Å². The number of esters is 1. The van der Waals surface area contributed by atoms with Crippen molar-refractivity contribution < 1.29 is 29.6 Å². The molecule has 0 radical (unpaired) electrons. The molecule has 2 aliphatic heterocycles. The zero-order valence-corrected chi connectivity index (χ0v) is 17.0. The van der Waals surface area contributed by atoms with Crippen LogP contribution in [0.25, 0.3) is 0 Å². The maximum Gasteiger partial charge on any atom is 0.303 e. The summed E-state index contributed by atoms with van der Waals surface area (Å²) < 4.78 is 11.9. The monoisotopic (exact) mass is 392 g/mol. The molecule has 6 heteroatoms. The van der Waals surface area contributed by atoms with Crippen molar-refractivity contribution in [2.45, 2.75) is 77.0 Å². The van der Waals surface area contributed by atoms with Gasteiger partial charge in [-0.1, -0.05) is 26.8 Å². The van der Waals surface area contributed by atoms with E-state index >= 15 is 0 Å². The van der Waals surface area contributed by atoms with Gasteiger partial charge < -0.3 is 24.8 Å². The number of rotatable bonds is 1. The lowest BCUT2D eigenvalue weighted by molar-refractivity contribution is -0.467. The van der Waals surface area contributed by atoms with Gasteiger partial charge in [0.25, 0.3) is 0 Å². The molecule has 2 spiro atoms. The lowest BCUT2D eigenvalue weighted by atomic mass is 9.36. The zero-order valence-electron chi connectivity index (χ0n) is 17.0. The molecule has 0 aromatic carbocycles. The molecule has 4 saturated carbocycles. The molecular weight excluding hydrogens is 360 g/mol. The fraction of sp³-hybridized carbons (Fsp3) is 0.864. The molecule has 0 aromatic rings. The van der Waals surface area contributed by atoms with Gasteiger partial charge in [0.1, 0.15) is 0 Å². The van der Waals surface area contributed by atoms with Crippen LogP contribution in [0.5, 0.6) is 0 Å². The van der Waals surface area contributed by atoms with Crippen molar-refractivity contribution in [3.8, 4) is 0 Å². The quantitative estimate of drug-likeness (QED) is 0.465. The maximum atomic E-state index is 12.1. The second-order valence-corrected chi connectivity index (χ2v) is 10.7. The van der Waals surface area contributed by atoms with E-state index in [0.29, 0.717) is 12.2 Å². The number of hydrogen-bond acceptors (Lipinski definition) is 6. The summed E-state index contributed by atoms with van der Waals surface area (Å²) in [5, 5.41) is 34.8. The average molecular weight is 392 g/mol. The Hall–Kier alpha value is -0.950. The van der Waals surface area contributed by atoms with Crippen LogP contribution in [0.1, 0.15) is 52.9 Å². The summed E-state index contributed by atoms with van der Waals surface area (Å²) in [4.78, 5) is 12.1. The second-order valence-electron chi connectivity index (χ2n) is 10.7. The summed E-state index contributed by atoms with van der Waals surface area (Å²) in [5.74, 6) is -2.86. The summed E-state index contributed by atoms with van der Waals surface area (Å²) in [6.07, 6.45) is 1.49. The molecule has 6 nitrogen and oxygen atoms in total. The third-order valence-electron chi connectivity index (χ3n) is 9.27. The lowest BCUT2D eigenvalue weighted by Crippen LogP contribution is -2.84. The topological polar surface area (TPSA) is 96.2 Å². The predicted octanol–water partition coefficient (Wildman–Crippen LogP) is 1.77. The van der Waals surface area contributed by atoms with Crippen LogP contribution in [0.2, 0.25) is 0 Å². The summed E-state index contributed by atoms with van der Waals surface area (Å²) in [7, 11) is 0. The molecule has 0 aromatic heterocycles. The lowest BCUT2D eigenvalue weighted by Gasteiger charge is -2.75. The molecule has 6 rings (SSSR count). The van der Waals surface area contributed by atoms with Crippen molar-refractivity contribution in [1.29, 1.82) is 0 Å². The number of carbonyl (C=O) groups is 1. The molecular formula is C22H32O6. The Balaban J connectivity index is 1.78. The largest absolute Gasteiger partial charge is 0.456 e. The minimum Gasteiger partial charge on any atom is -0.456 e. The van der Waals surface area contributed by atoms with Gasteiger partial charge in [0.15, 0.2) is 6.10 Å². The average Bonchev–Trinajstić information content (AvgIpc) is 2.72. The van der Waals surface area contributed by atoms with E-state index in [-0.39, 0.29) is 28.6 Å². The zero-order chi connectivity index (χ0) is 20.3. The molecule has 6 aliphatic rings. The number of carbonyl (C=O) groups excluding carboxylic acids is 1. The normalized spacial score (nSPS) is 56.1. The fourth-order valence-corrected chi connectivity index (χ4v) is 8.53. The van der Waals surface area contributed by atoms with Crippen LogP contribution < -0.4 is 0 Å². The van der Waals surface area contributed by atoms with E-state index in [2.05, 4.69) is 20.4 Å². The standard InChI is InChI=1S/C22H32O6/c1-11-13-6-7-14-20-9-5-8-19(3,4)15(20)18(28-12(2)23)22(26,27-10-20)21(14,16(11)24)17(13)25/h13-18,24-26H,1,5-10H2,2-4H3/t13-,14-,15+,16+,17+,18-,20+,21-,22-/m0/s1. The van der Waals surface area contributed by atoms with E-state index in [1.807, 2.05) is 0 Å². The minimum absolute atomic E-state index is 0.0863. The summed E-state index contributed by atoms with van der Waals surface area (Å²) in [5.41, 5.74) is -1.22. The van der Waals surface area contributed by atoms with Crippen LogP contribution in [-0.4, -0.2) is 52.0 Å². The van der Waals surface area contributed by atoms with Crippen molar-refractivity contribution in [3.63, 3.8) is 0 Å². The van der Waals surface area contributed by atoms with Gasteiger partial charge in [0.05, 0.1) is 24.2 Å². The first kappa shape index (κ1) is 19.0. The van der Waals surface area contributed by atoms with Gasteiger partial charge >= 0.3 is 5.97 Å². The van der Waals surface area contributed by atoms with Crippen molar-refractivity contribution in [2.75, 3.05) is 6.61 Å². The molecule has 0 amide bonds. The van der Waals surface area contributed by atoms with Gasteiger partial charge in [-0.15, -0.1) is 0 Å². The van der Waals surface area contributed by atoms with Crippen LogP contribution in [0.4, 0.5) is 0 Å². The van der Waals surface area contributed by atoms with Crippen molar-refractivity contribution in [1.82, 2.24) is 0 Å². The molecule has 28 heavy (non-hydrogen) atoms. The van der Waals surface area contributed by atoms with Gasteiger partial charge in [-0.25, -0.2) is 0 Å². The predicted molar refractivity (Wildman–Crippen MR) is 99.8 cm³/mol. The Labute approximate surface area is 165 Å². The van der Waals surface area contributed by atoms with E-state index < -0.39 is 35.5 Å². The fourth-order valence-electron chi connectivity index (χ4n) is 8.53. The highest BCUT2D eigenvalue weighted by Gasteiger charge is 2.86. The summed E-state index contributed by atoms with van der Waals surface area (Å²) in [6.45, 7) is 10.1. The molecule has 6 fully saturated rings. The maximum absolute atomic E-state index is 12.1. The first-order valence-corrected chi connectivity index (χ1v) is 10.6. The van der Waals surface area contributed by atoms with Crippen LogP contribution in [-0.2, 0) is 14.3 Å². The molecule has 2 heterocycles. The SMILES string of the molecule is C=C1[C@@H](O)[C@]23[C@H](O)[C@H]1CC[C@H]2[C@]12CCCC(C)(C)[C@H]1[C@H](OC(C)=O)[C@]3(O)OC2. The number of aliphatic hydroxyl groups is 3. The number of aliphatic hydroxyl groups excluding tert-OH is 2. The number of hydrogen-bond donors (Lipinski definition) is 3. The van der Waals surface area contributed by atoms with Gasteiger partial charge in [0.2, 0.25) is 5.79 Å². The minimum atomic E-state index is -1.93. The first-order valence-electron chi connectivity index (χ1n) is 10.6. The van der Waals surface area contributed by atoms with Crippen LogP contribution in [0, 0.1) is 34.0 Å². The highest BCUT2D eigenvalue weighted by Crippen LogP contribution is 2.77. The van der Waals surface area contributed by atoms with Crippen molar-refractivity contribution in [2.24, 2.45) is 34.0 Å². The molecule has 9 atom stereocenters. The van der Waals surface area contributed by atoms with Gasteiger partial charge in [-0.2, -0.15) is 0 Å². The first-order chi connectivity index (χ1) is 13.0. The van der Waals surface area contributed by atoms with Gasteiger partial charge in [0, 0.05) is 24.2 Å². The van der Waals surface area contributed by atoms with Crippen LogP contribution in [0.15, 0.2) is 12.2 Å². The van der Waals surface area contributed by atoms with Crippen molar-refractivity contribution in [3.05, 3.63) is 12.2 Å². The van der Waals surface area contributed by atoms with E-state index in [1.165, 1.54) is 6.92 Å². The summed E-state index contributed by atoms with van der Waals surface area (Å²) >= 11 is 0. The third-order valence-corrected chi connectivity index (χ3v) is 9.27. The third kappa shape index (κ3) is 1.79. The van der Waals surface area contributed by atoms with Crippen LogP contribution >= 0.6 is 0 Å². The highest BCUT2D eigenvalue weighted by molar-refractivity contribution is 5.66. The smallest absolute Gasteiger partial charge is 0.303 e. The second kappa shape index (κ2) is 5.39. The van der Waals surface area contributed by atoms with E-state index in [9.17, 15) is 20.1 Å². The molecule has 4 aliphatic carbocycles. The van der Waals surface area contributed by atoms with E-state index in [1.54, 1.807) is 0 Å². The Bertz CT molecular complexity index is 747. The van der Waals surface area contributed by atoms with Crippen LogP contribution in [0.3, 0.4) is 0 Å². The van der Waals surface area contributed by atoms with Gasteiger partial charge in [-0.05, 0) is 42.6 Å². The molecule has 3 N–H and O–H groups in total. The van der Waals surface area contributed by atoms with Gasteiger partial charge in [-0.3, -0.25) is 4.79 Å². The Kier molecular flexibility index (Phi) is 3.67. The number of ether oxygens (including phenoxy) is 2. The highest BCUT2D eigenvalue weighted by atomic mass is 16.7. The van der Waals surface area contributed by atoms with E-state index in [4.69, 9.17) is 9.47 Å². The number of fused-ring (bicyclic) bond motifs is 2. The Morgan fingerprint density at radius 3 is 2.64 bits per heavy atom.